The Balaban J connectivity index is 1.88. The van der Waals surface area contributed by atoms with Gasteiger partial charge in [-0.25, -0.2) is 9.78 Å². The van der Waals surface area contributed by atoms with E-state index in [4.69, 9.17) is 4.74 Å². The number of fused-ring (bicyclic) bond motifs is 1. The first-order chi connectivity index (χ1) is 9.69. The zero-order valence-electron chi connectivity index (χ0n) is 10.8. The number of thiazole rings is 1. The number of nitrogens with zero attached hydrogens (tertiary/aromatic N) is 5. The fourth-order valence-corrected chi connectivity index (χ4v) is 3.04. The quantitative estimate of drug-likeness (QED) is 0.882. The predicted molar refractivity (Wildman–Crippen MR) is 70.9 cm³/mol. The molecule has 0 aromatic carbocycles. The van der Waals surface area contributed by atoms with Gasteiger partial charge in [0.05, 0.1) is 18.8 Å². The van der Waals surface area contributed by atoms with Gasteiger partial charge in [0.1, 0.15) is 11.2 Å². The maximum atomic E-state index is 11.2. The van der Waals surface area contributed by atoms with Crippen LogP contribution in [-0.4, -0.2) is 44.5 Å². The van der Waals surface area contributed by atoms with Crippen LogP contribution in [-0.2, 0) is 24.4 Å². The minimum atomic E-state index is -0.971. The summed E-state index contributed by atoms with van der Waals surface area (Å²) in [6.07, 6.45) is 1.70. The SMILES string of the molecule is COCc1nc(N2CCn3cnnc3C2)sc1C(=O)O. The number of methoxy groups -OCH3 is 1. The number of hydrogen-bond donors (Lipinski definition) is 1. The number of ether oxygens (including phenoxy) is 1. The average Bonchev–Trinajstić information content (AvgIpc) is 3.04. The fourth-order valence-electron chi connectivity index (χ4n) is 2.11. The lowest BCUT2D eigenvalue weighted by Gasteiger charge is -2.26. The number of carboxylic acid groups (broad SMARTS) is 1. The molecule has 0 spiro atoms. The molecule has 0 aliphatic carbocycles. The van der Waals surface area contributed by atoms with Crippen LogP contribution in [0.3, 0.4) is 0 Å². The van der Waals surface area contributed by atoms with Crippen LogP contribution in [0.25, 0.3) is 0 Å². The van der Waals surface area contributed by atoms with Gasteiger partial charge in [0.25, 0.3) is 0 Å². The minimum Gasteiger partial charge on any atom is -0.477 e. The van der Waals surface area contributed by atoms with E-state index in [0.29, 0.717) is 17.4 Å². The molecule has 1 aliphatic heterocycles. The van der Waals surface area contributed by atoms with Crippen LogP contribution in [0, 0.1) is 0 Å². The number of aromatic nitrogens is 4. The average molecular weight is 295 g/mol. The number of hydrogen-bond acceptors (Lipinski definition) is 7. The van der Waals surface area contributed by atoms with Gasteiger partial charge in [-0.1, -0.05) is 11.3 Å². The van der Waals surface area contributed by atoms with Crippen molar-refractivity contribution < 1.29 is 14.6 Å². The van der Waals surface area contributed by atoms with E-state index in [9.17, 15) is 9.90 Å². The van der Waals surface area contributed by atoms with Crippen LogP contribution < -0.4 is 4.90 Å². The first kappa shape index (κ1) is 13.0. The van der Waals surface area contributed by atoms with Crippen LogP contribution in [0.2, 0.25) is 0 Å². The molecule has 8 nitrogen and oxygen atoms in total. The lowest BCUT2D eigenvalue weighted by molar-refractivity contribution is 0.0697. The molecule has 0 amide bonds. The Morgan fingerprint density at radius 3 is 3.15 bits per heavy atom. The Labute approximate surface area is 118 Å². The number of aromatic carboxylic acids is 1. The van der Waals surface area contributed by atoms with Gasteiger partial charge < -0.3 is 19.3 Å². The molecule has 0 saturated carbocycles. The first-order valence-electron chi connectivity index (χ1n) is 6.02. The Kier molecular flexibility index (Phi) is 3.36. The predicted octanol–water partition coefficient (Wildman–Crippen LogP) is 0.599. The molecule has 9 heteroatoms. The number of carboxylic acids is 1. The molecule has 3 rings (SSSR count). The molecular formula is C11H13N5O3S. The van der Waals surface area contributed by atoms with Gasteiger partial charge >= 0.3 is 5.97 Å². The molecule has 3 heterocycles. The van der Waals surface area contributed by atoms with E-state index in [0.717, 1.165) is 18.9 Å². The van der Waals surface area contributed by atoms with E-state index < -0.39 is 5.97 Å². The molecule has 0 saturated heterocycles. The standard InChI is InChI=1S/C11H13N5O3S/c1-19-5-7-9(10(17)18)20-11(13-7)15-2-3-16-6-12-14-8(16)4-15/h6H,2-5H2,1H3,(H,17,18). The summed E-state index contributed by atoms with van der Waals surface area (Å²) in [6, 6.07) is 0. The maximum Gasteiger partial charge on any atom is 0.347 e. The lowest BCUT2D eigenvalue weighted by Crippen LogP contribution is -2.33. The van der Waals surface area contributed by atoms with Gasteiger partial charge in [-0.15, -0.1) is 10.2 Å². The first-order valence-corrected chi connectivity index (χ1v) is 6.84. The van der Waals surface area contributed by atoms with Crippen molar-refractivity contribution >= 4 is 22.4 Å². The third-order valence-electron chi connectivity index (χ3n) is 3.07. The molecule has 0 radical (unpaired) electrons. The van der Waals surface area contributed by atoms with Crippen molar-refractivity contribution in [2.75, 3.05) is 18.6 Å². The summed E-state index contributed by atoms with van der Waals surface area (Å²) in [5.74, 6) is -0.113. The zero-order chi connectivity index (χ0) is 14.1. The second-order valence-electron chi connectivity index (χ2n) is 4.37. The highest BCUT2D eigenvalue weighted by Gasteiger charge is 2.24. The molecule has 106 valence electrons. The molecule has 0 unspecified atom stereocenters. The Morgan fingerprint density at radius 1 is 1.55 bits per heavy atom. The van der Waals surface area contributed by atoms with Crippen LogP contribution in [0.15, 0.2) is 6.33 Å². The second-order valence-corrected chi connectivity index (χ2v) is 5.35. The van der Waals surface area contributed by atoms with Gasteiger partial charge in [0.15, 0.2) is 11.0 Å². The second kappa shape index (κ2) is 5.17. The van der Waals surface area contributed by atoms with Gasteiger partial charge in [0.2, 0.25) is 0 Å². The Bertz CT molecular complexity index is 638. The van der Waals surface area contributed by atoms with Crippen molar-refractivity contribution in [3.63, 3.8) is 0 Å². The van der Waals surface area contributed by atoms with Gasteiger partial charge in [0, 0.05) is 20.2 Å². The largest absolute Gasteiger partial charge is 0.477 e. The number of carbonyl (C=O) groups is 1. The van der Waals surface area contributed by atoms with Crippen molar-refractivity contribution in [2.24, 2.45) is 0 Å². The third-order valence-corrected chi connectivity index (χ3v) is 4.22. The minimum absolute atomic E-state index is 0.197. The molecule has 0 atom stereocenters. The summed E-state index contributed by atoms with van der Waals surface area (Å²) in [4.78, 5) is 17.8. The van der Waals surface area contributed by atoms with Crippen LogP contribution in [0.1, 0.15) is 21.2 Å². The van der Waals surface area contributed by atoms with Crippen LogP contribution >= 0.6 is 11.3 Å². The normalized spacial score (nSPS) is 14.3. The fraction of sp³-hybridized carbons (Fsp3) is 0.455. The van der Waals surface area contributed by atoms with E-state index in [1.165, 1.54) is 18.4 Å². The summed E-state index contributed by atoms with van der Waals surface area (Å²) < 4.78 is 6.98. The smallest absolute Gasteiger partial charge is 0.347 e. The molecule has 2 aromatic rings. The molecule has 0 fully saturated rings. The number of anilines is 1. The molecule has 0 bridgehead atoms. The summed E-state index contributed by atoms with van der Waals surface area (Å²) in [5, 5.41) is 17.8. The van der Waals surface area contributed by atoms with Crippen molar-refractivity contribution in [1.82, 2.24) is 19.7 Å². The molecular weight excluding hydrogens is 282 g/mol. The van der Waals surface area contributed by atoms with E-state index in [1.54, 1.807) is 6.33 Å². The Morgan fingerprint density at radius 2 is 2.40 bits per heavy atom. The summed E-state index contributed by atoms with van der Waals surface area (Å²) in [6.45, 7) is 2.30. The van der Waals surface area contributed by atoms with Gasteiger partial charge in [-0.2, -0.15) is 0 Å². The maximum absolute atomic E-state index is 11.2. The Hall–Kier alpha value is -2.00. The van der Waals surface area contributed by atoms with E-state index >= 15 is 0 Å². The van der Waals surface area contributed by atoms with Gasteiger partial charge in [-0.3, -0.25) is 0 Å². The van der Waals surface area contributed by atoms with Crippen molar-refractivity contribution in [1.29, 1.82) is 0 Å². The summed E-state index contributed by atoms with van der Waals surface area (Å²) in [7, 11) is 1.52. The third kappa shape index (κ3) is 2.25. The molecule has 1 N–H and O–H groups in total. The highest BCUT2D eigenvalue weighted by molar-refractivity contribution is 7.17. The van der Waals surface area contributed by atoms with Crippen molar-refractivity contribution in [2.45, 2.75) is 19.7 Å². The van der Waals surface area contributed by atoms with E-state index in [2.05, 4.69) is 15.2 Å². The highest BCUT2D eigenvalue weighted by Crippen LogP contribution is 2.29. The van der Waals surface area contributed by atoms with Crippen LogP contribution in [0.4, 0.5) is 5.13 Å². The zero-order valence-corrected chi connectivity index (χ0v) is 11.6. The topological polar surface area (TPSA) is 93.4 Å². The number of rotatable bonds is 4. The van der Waals surface area contributed by atoms with Crippen LogP contribution in [0.5, 0.6) is 0 Å². The molecule has 1 aliphatic rings. The highest BCUT2D eigenvalue weighted by atomic mass is 32.1. The molecule has 20 heavy (non-hydrogen) atoms. The monoisotopic (exact) mass is 295 g/mol. The lowest BCUT2D eigenvalue weighted by atomic mass is 10.3. The van der Waals surface area contributed by atoms with Crippen molar-refractivity contribution in [3.05, 3.63) is 22.7 Å². The summed E-state index contributed by atoms with van der Waals surface area (Å²) >= 11 is 1.17. The van der Waals surface area contributed by atoms with Crippen molar-refractivity contribution in [3.8, 4) is 0 Å². The van der Waals surface area contributed by atoms with Gasteiger partial charge in [-0.05, 0) is 0 Å². The summed E-state index contributed by atoms with van der Waals surface area (Å²) in [5.41, 5.74) is 0.465. The molecule has 2 aromatic heterocycles. The van der Waals surface area contributed by atoms with E-state index in [-0.39, 0.29) is 11.5 Å². The van der Waals surface area contributed by atoms with E-state index in [1.807, 2.05) is 9.47 Å².